The van der Waals surface area contributed by atoms with Crippen molar-refractivity contribution in [3.63, 3.8) is 0 Å². The summed E-state index contributed by atoms with van der Waals surface area (Å²) in [6.45, 7) is 4.34. The largest absolute Gasteiger partial charge is 0.355 e. The van der Waals surface area contributed by atoms with E-state index in [9.17, 15) is 0 Å². The predicted molar refractivity (Wildman–Crippen MR) is 109 cm³/mol. The predicted octanol–water partition coefficient (Wildman–Crippen LogP) is 6.87. The average molecular weight is 323 g/mol. The Balaban J connectivity index is 1.69. The van der Waals surface area contributed by atoms with Crippen molar-refractivity contribution in [1.29, 1.82) is 0 Å². The van der Waals surface area contributed by atoms with Crippen LogP contribution in [0.5, 0.6) is 0 Å². The number of hydrogen-bond acceptors (Lipinski definition) is 1. The van der Waals surface area contributed by atoms with Crippen molar-refractivity contribution < 1.29 is 0 Å². The lowest BCUT2D eigenvalue weighted by Crippen LogP contribution is -1.95. The van der Waals surface area contributed by atoms with Crippen LogP contribution in [0, 0.1) is 13.8 Å². The monoisotopic (exact) mass is 323 g/mol. The molecule has 122 valence electrons. The molecule has 0 radical (unpaired) electrons. The summed E-state index contributed by atoms with van der Waals surface area (Å²) in [5.41, 5.74) is 7.36. The van der Waals surface area contributed by atoms with Gasteiger partial charge in [0.2, 0.25) is 0 Å². The molecule has 1 heteroatoms. The molecule has 0 fully saturated rings. The fraction of sp³-hybridized carbons (Fsp3) is 0.0833. The van der Waals surface area contributed by atoms with E-state index in [4.69, 9.17) is 0 Å². The molecule has 0 aliphatic rings. The molecular formula is C24H21N. The smallest absolute Gasteiger partial charge is 0.0417 e. The molecule has 0 bridgehead atoms. The number of hydrogen-bond donors (Lipinski definition) is 1. The SMILES string of the molecule is Cc1cc(-c2ccccc2)c(C)cc1Nc1ccc2ccccc2c1. The van der Waals surface area contributed by atoms with Crippen LogP contribution in [0.25, 0.3) is 21.9 Å². The van der Waals surface area contributed by atoms with Gasteiger partial charge in [0.15, 0.2) is 0 Å². The van der Waals surface area contributed by atoms with Gasteiger partial charge in [-0.15, -0.1) is 0 Å². The fourth-order valence-corrected chi connectivity index (χ4v) is 3.30. The van der Waals surface area contributed by atoms with Gasteiger partial charge in [-0.1, -0.05) is 60.7 Å². The van der Waals surface area contributed by atoms with Crippen LogP contribution in [0.3, 0.4) is 0 Å². The van der Waals surface area contributed by atoms with Gasteiger partial charge in [-0.05, 0) is 71.1 Å². The van der Waals surface area contributed by atoms with E-state index in [2.05, 4.69) is 104 Å². The van der Waals surface area contributed by atoms with E-state index in [1.165, 1.54) is 33.0 Å². The first-order valence-electron chi connectivity index (χ1n) is 8.63. The molecule has 4 aromatic rings. The van der Waals surface area contributed by atoms with Gasteiger partial charge in [-0.2, -0.15) is 0 Å². The zero-order valence-electron chi connectivity index (χ0n) is 14.6. The number of aryl methyl sites for hydroxylation is 2. The zero-order chi connectivity index (χ0) is 17.2. The normalized spacial score (nSPS) is 10.8. The summed E-state index contributed by atoms with van der Waals surface area (Å²) in [5.74, 6) is 0. The molecule has 0 amide bonds. The highest BCUT2D eigenvalue weighted by Gasteiger charge is 2.07. The summed E-state index contributed by atoms with van der Waals surface area (Å²) in [7, 11) is 0. The van der Waals surface area contributed by atoms with Crippen molar-refractivity contribution >= 4 is 22.1 Å². The van der Waals surface area contributed by atoms with Crippen molar-refractivity contribution in [1.82, 2.24) is 0 Å². The van der Waals surface area contributed by atoms with Crippen LogP contribution < -0.4 is 5.32 Å². The summed E-state index contributed by atoms with van der Waals surface area (Å²) in [6, 6.07) is 30.0. The van der Waals surface area contributed by atoms with Crippen LogP contribution >= 0.6 is 0 Å². The molecule has 0 aliphatic heterocycles. The summed E-state index contributed by atoms with van der Waals surface area (Å²) in [6.07, 6.45) is 0. The van der Waals surface area contributed by atoms with E-state index in [-0.39, 0.29) is 0 Å². The average Bonchev–Trinajstić information content (AvgIpc) is 2.65. The molecule has 0 saturated carbocycles. The Morgan fingerprint density at radius 1 is 0.600 bits per heavy atom. The van der Waals surface area contributed by atoms with E-state index in [0.717, 1.165) is 11.4 Å². The third-order valence-electron chi connectivity index (χ3n) is 4.68. The third-order valence-corrected chi connectivity index (χ3v) is 4.68. The maximum atomic E-state index is 3.58. The van der Waals surface area contributed by atoms with Crippen molar-refractivity contribution in [2.24, 2.45) is 0 Å². The molecule has 25 heavy (non-hydrogen) atoms. The summed E-state index contributed by atoms with van der Waals surface area (Å²) < 4.78 is 0. The van der Waals surface area contributed by atoms with Crippen LogP contribution in [0.2, 0.25) is 0 Å². The van der Waals surface area contributed by atoms with Gasteiger partial charge >= 0.3 is 0 Å². The van der Waals surface area contributed by atoms with Crippen LogP contribution in [0.15, 0.2) is 84.9 Å². The molecule has 0 unspecified atom stereocenters. The molecule has 0 saturated heterocycles. The molecular weight excluding hydrogens is 302 g/mol. The molecule has 1 N–H and O–H groups in total. The first-order chi connectivity index (χ1) is 12.2. The maximum absolute atomic E-state index is 3.58. The molecule has 0 aromatic heterocycles. The highest BCUT2D eigenvalue weighted by molar-refractivity contribution is 5.87. The van der Waals surface area contributed by atoms with Gasteiger partial charge in [-0.3, -0.25) is 0 Å². The second kappa shape index (κ2) is 6.45. The number of benzene rings is 4. The summed E-state index contributed by atoms with van der Waals surface area (Å²) in [5, 5.41) is 6.10. The minimum Gasteiger partial charge on any atom is -0.355 e. The van der Waals surface area contributed by atoms with Crippen molar-refractivity contribution in [2.45, 2.75) is 13.8 Å². The Labute approximate surface area is 149 Å². The highest BCUT2D eigenvalue weighted by atomic mass is 14.9. The van der Waals surface area contributed by atoms with Crippen LogP contribution in [-0.4, -0.2) is 0 Å². The topological polar surface area (TPSA) is 12.0 Å². The first kappa shape index (κ1) is 15.5. The lowest BCUT2D eigenvalue weighted by atomic mass is 9.97. The molecule has 4 rings (SSSR count). The highest BCUT2D eigenvalue weighted by Crippen LogP contribution is 2.31. The van der Waals surface area contributed by atoms with Gasteiger partial charge in [0, 0.05) is 11.4 Å². The minimum atomic E-state index is 1.12. The summed E-state index contributed by atoms with van der Waals surface area (Å²) in [4.78, 5) is 0. The number of rotatable bonds is 3. The minimum absolute atomic E-state index is 1.12. The van der Waals surface area contributed by atoms with Gasteiger partial charge < -0.3 is 5.32 Å². The van der Waals surface area contributed by atoms with Crippen molar-refractivity contribution in [2.75, 3.05) is 5.32 Å². The van der Waals surface area contributed by atoms with Crippen molar-refractivity contribution in [3.05, 3.63) is 96.1 Å². The Bertz CT molecular complexity index is 1030. The number of anilines is 2. The Kier molecular flexibility index (Phi) is 3.99. The molecule has 0 aliphatic carbocycles. The van der Waals surface area contributed by atoms with Crippen LogP contribution in [0.4, 0.5) is 11.4 Å². The third kappa shape index (κ3) is 3.14. The van der Waals surface area contributed by atoms with Gasteiger partial charge in [0.05, 0.1) is 0 Å². The second-order valence-electron chi connectivity index (χ2n) is 6.54. The van der Waals surface area contributed by atoms with E-state index in [0.29, 0.717) is 0 Å². The Morgan fingerprint density at radius 2 is 1.32 bits per heavy atom. The fourth-order valence-electron chi connectivity index (χ4n) is 3.30. The molecule has 0 heterocycles. The van der Waals surface area contributed by atoms with Crippen molar-refractivity contribution in [3.8, 4) is 11.1 Å². The standard InChI is InChI=1S/C24H21N/c1-17-15-24(18(2)14-23(17)20-9-4-3-5-10-20)25-22-13-12-19-8-6-7-11-21(19)16-22/h3-16,25H,1-2H3. The van der Waals surface area contributed by atoms with Gasteiger partial charge in [0.25, 0.3) is 0 Å². The summed E-state index contributed by atoms with van der Waals surface area (Å²) >= 11 is 0. The molecule has 1 nitrogen and oxygen atoms in total. The number of nitrogens with one attached hydrogen (secondary N) is 1. The van der Waals surface area contributed by atoms with Gasteiger partial charge in [0.1, 0.15) is 0 Å². The quantitative estimate of drug-likeness (QED) is 0.434. The maximum Gasteiger partial charge on any atom is 0.0417 e. The van der Waals surface area contributed by atoms with E-state index >= 15 is 0 Å². The van der Waals surface area contributed by atoms with E-state index < -0.39 is 0 Å². The molecule has 4 aromatic carbocycles. The second-order valence-corrected chi connectivity index (χ2v) is 6.54. The Morgan fingerprint density at radius 3 is 2.12 bits per heavy atom. The van der Waals surface area contributed by atoms with Gasteiger partial charge in [-0.25, -0.2) is 0 Å². The van der Waals surface area contributed by atoms with E-state index in [1.807, 2.05) is 0 Å². The van der Waals surface area contributed by atoms with Crippen LogP contribution in [-0.2, 0) is 0 Å². The first-order valence-corrected chi connectivity index (χ1v) is 8.63. The Hall–Kier alpha value is -3.06. The molecule has 0 atom stereocenters. The van der Waals surface area contributed by atoms with E-state index in [1.54, 1.807) is 0 Å². The zero-order valence-corrected chi connectivity index (χ0v) is 14.6. The lowest BCUT2D eigenvalue weighted by Gasteiger charge is -2.15. The number of fused-ring (bicyclic) bond motifs is 1. The van der Waals surface area contributed by atoms with Crippen LogP contribution in [0.1, 0.15) is 11.1 Å². The molecule has 0 spiro atoms. The lowest BCUT2D eigenvalue weighted by molar-refractivity contribution is 1.37.